The van der Waals surface area contributed by atoms with Gasteiger partial charge in [-0.1, -0.05) is 41.4 Å². The van der Waals surface area contributed by atoms with E-state index in [1.54, 1.807) is 12.4 Å². The van der Waals surface area contributed by atoms with Gasteiger partial charge in [0.2, 0.25) is 5.82 Å². The molecule has 1 atom stereocenters. The zero-order valence-electron chi connectivity index (χ0n) is 15.8. The van der Waals surface area contributed by atoms with Crippen molar-refractivity contribution in [3.05, 3.63) is 71.7 Å². The van der Waals surface area contributed by atoms with Crippen molar-refractivity contribution in [1.82, 2.24) is 24.6 Å². The van der Waals surface area contributed by atoms with E-state index in [0.29, 0.717) is 35.1 Å². The summed E-state index contributed by atoms with van der Waals surface area (Å²) < 4.78 is 7.51. The van der Waals surface area contributed by atoms with Crippen molar-refractivity contribution in [3.8, 4) is 41.0 Å². The molecular formula is C23H15N5O2. The number of imidazole rings is 1. The topological polar surface area (TPSA) is 77.1 Å². The van der Waals surface area contributed by atoms with E-state index in [1.165, 1.54) is 0 Å². The second kappa shape index (κ2) is 6.16. The molecule has 2 aliphatic heterocycles. The van der Waals surface area contributed by atoms with Crippen LogP contribution in [0.3, 0.4) is 0 Å². The highest BCUT2D eigenvalue weighted by atomic mass is 16.5. The Hall–Kier alpha value is -4.18. The second-order valence-electron chi connectivity index (χ2n) is 7.32. The van der Waals surface area contributed by atoms with Crippen molar-refractivity contribution >= 4 is 5.91 Å². The molecule has 30 heavy (non-hydrogen) atoms. The van der Waals surface area contributed by atoms with E-state index in [9.17, 15) is 4.79 Å². The minimum Gasteiger partial charge on any atom is -0.332 e. The highest BCUT2D eigenvalue weighted by molar-refractivity contribution is 6.00. The maximum absolute atomic E-state index is 13.1. The lowest BCUT2D eigenvalue weighted by molar-refractivity contribution is 0.0461. The molecule has 7 nitrogen and oxygen atoms in total. The number of aromatic nitrogens is 4. The molecule has 6 rings (SSSR count). The van der Waals surface area contributed by atoms with Gasteiger partial charge in [-0.2, -0.15) is 4.98 Å². The molecule has 7 heteroatoms. The quantitative estimate of drug-likeness (QED) is 0.488. The number of hydrogen-bond acceptors (Lipinski definition) is 5. The van der Waals surface area contributed by atoms with Gasteiger partial charge in [0.15, 0.2) is 5.69 Å². The van der Waals surface area contributed by atoms with Gasteiger partial charge in [-0.3, -0.25) is 9.36 Å². The summed E-state index contributed by atoms with van der Waals surface area (Å²) in [6.45, 7) is 0.687. The average Bonchev–Trinajstić information content (AvgIpc) is 3.39. The van der Waals surface area contributed by atoms with Gasteiger partial charge >= 0.3 is 0 Å². The van der Waals surface area contributed by atoms with Gasteiger partial charge in [-0.05, 0) is 24.6 Å². The van der Waals surface area contributed by atoms with Gasteiger partial charge in [0.1, 0.15) is 6.33 Å². The first-order valence-corrected chi connectivity index (χ1v) is 9.63. The van der Waals surface area contributed by atoms with Crippen LogP contribution >= 0.6 is 0 Å². The molecule has 2 aliphatic rings. The SMILES string of the molecule is C#Cc1ccc2c(c1)C(=O)N1CC[C@H]1c1c(-c3nc(-c4ccccc4)no3)ncn1-2. The molecule has 0 saturated carbocycles. The van der Waals surface area contributed by atoms with E-state index >= 15 is 0 Å². The van der Waals surface area contributed by atoms with Crippen LogP contribution < -0.4 is 0 Å². The first kappa shape index (κ1) is 16.7. The number of hydrogen-bond donors (Lipinski definition) is 0. The summed E-state index contributed by atoms with van der Waals surface area (Å²) >= 11 is 0. The standard InChI is InChI=1S/C23H15N5O2/c1-2-14-8-9-17-16(12-14)23(29)27-11-10-18(27)20-19(24-13-28(17)20)22-25-21(26-30-22)15-6-4-3-5-7-15/h1,3-9,12-13,18H,10-11H2/t18-/m0/s1. The van der Waals surface area contributed by atoms with Crippen molar-refractivity contribution < 1.29 is 9.32 Å². The number of terminal acetylenes is 1. The van der Waals surface area contributed by atoms with Gasteiger partial charge in [0.05, 0.1) is 23.0 Å². The van der Waals surface area contributed by atoms with Crippen LogP contribution in [0.25, 0.3) is 28.7 Å². The molecule has 1 saturated heterocycles. The Morgan fingerprint density at radius 2 is 2.03 bits per heavy atom. The lowest BCUT2D eigenvalue weighted by Crippen LogP contribution is -2.44. The van der Waals surface area contributed by atoms with E-state index in [4.69, 9.17) is 10.9 Å². The Bertz CT molecular complexity index is 1350. The number of carbonyl (C=O) groups excluding carboxylic acids is 1. The van der Waals surface area contributed by atoms with E-state index in [0.717, 1.165) is 23.4 Å². The summed E-state index contributed by atoms with van der Waals surface area (Å²) in [6.07, 6.45) is 8.10. The van der Waals surface area contributed by atoms with Gasteiger partial charge in [0, 0.05) is 17.7 Å². The highest BCUT2D eigenvalue weighted by Gasteiger charge is 2.42. The molecule has 0 spiro atoms. The molecule has 2 aromatic carbocycles. The van der Waals surface area contributed by atoms with E-state index in [-0.39, 0.29) is 11.9 Å². The lowest BCUT2D eigenvalue weighted by atomic mass is 9.97. The molecule has 1 amide bonds. The fraction of sp³-hybridized carbons (Fsp3) is 0.130. The van der Waals surface area contributed by atoms with Crippen LogP contribution in [0.2, 0.25) is 0 Å². The van der Waals surface area contributed by atoms with Crippen molar-refractivity contribution in [2.24, 2.45) is 0 Å². The van der Waals surface area contributed by atoms with Crippen molar-refractivity contribution in [2.75, 3.05) is 6.54 Å². The van der Waals surface area contributed by atoms with Crippen LogP contribution in [0.5, 0.6) is 0 Å². The predicted molar refractivity (Wildman–Crippen MR) is 109 cm³/mol. The summed E-state index contributed by atoms with van der Waals surface area (Å²) in [5, 5.41) is 4.12. The normalized spacial score (nSPS) is 16.7. The third kappa shape index (κ3) is 2.28. The Balaban J connectivity index is 1.52. The van der Waals surface area contributed by atoms with Gasteiger partial charge < -0.3 is 9.42 Å². The lowest BCUT2D eigenvalue weighted by Gasteiger charge is -2.39. The van der Waals surface area contributed by atoms with Crippen LogP contribution in [-0.4, -0.2) is 37.0 Å². The predicted octanol–water partition coefficient (Wildman–Crippen LogP) is 3.47. The van der Waals surface area contributed by atoms with E-state index < -0.39 is 0 Å². The average molecular weight is 393 g/mol. The van der Waals surface area contributed by atoms with Crippen LogP contribution in [0.4, 0.5) is 0 Å². The van der Waals surface area contributed by atoms with Gasteiger partial charge in [0.25, 0.3) is 11.8 Å². The number of rotatable bonds is 2. The molecule has 144 valence electrons. The molecule has 0 aliphatic carbocycles. The summed E-state index contributed by atoms with van der Waals surface area (Å²) in [4.78, 5) is 24.1. The van der Waals surface area contributed by atoms with E-state index in [1.807, 2.05) is 51.9 Å². The summed E-state index contributed by atoms with van der Waals surface area (Å²) in [7, 11) is 0. The third-order valence-corrected chi connectivity index (χ3v) is 5.71. The Labute approximate surface area is 172 Å². The molecule has 0 bridgehead atoms. The molecule has 0 radical (unpaired) electrons. The Morgan fingerprint density at radius 3 is 2.80 bits per heavy atom. The van der Waals surface area contributed by atoms with Crippen LogP contribution in [0.1, 0.15) is 34.1 Å². The van der Waals surface area contributed by atoms with Gasteiger partial charge in [-0.15, -0.1) is 6.42 Å². The maximum Gasteiger partial charge on any atom is 0.278 e. The molecule has 0 unspecified atom stereocenters. The number of amides is 1. The Morgan fingerprint density at radius 1 is 1.17 bits per heavy atom. The number of nitrogens with zero attached hydrogens (tertiary/aromatic N) is 5. The molecule has 2 aromatic heterocycles. The molecule has 4 heterocycles. The summed E-state index contributed by atoms with van der Waals surface area (Å²) in [5.74, 6) is 3.42. The van der Waals surface area contributed by atoms with Gasteiger partial charge in [-0.25, -0.2) is 4.98 Å². The zero-order chi connectivity index (χ0) is 20.2. The van der Waals surface area contributed by atoms with Crippen molar-refractivity contribution in [2.45, 2.75) is 12.5 Å². The van der Waals surface area contributed by atoms with Crippen LogP contribution in [0, 0.1) is 12.3 Å². The van der Waals surface area contributed by atoms with E-state index in [2.05, 4.69) is 21.0 Å². The summed E-state index contributed by atoms with van der Waals surface area (Å²) in [5.41, 5.74) is 4.35. The van der Waals surface area contributed by atoms with Crippen molar-refractivity contribution in [1.29, 1.82) is 0 Å². The molecule has 0 N–H and O–H groups in total. The fourth-order valence-corrected chi connectivity index (χ4v) is 4.13. The van der Waals surface area contributed by atoms with Crippen LogP contribution in [0.15, 0.2) is 59.4 Å². The monoisotopic (exact) mass is 393 g/mol. The smallest absolute Gasteiger partial charge is 0.278 e. The number of benzene rings is 2. The fourth-order valence-electron chi connectivity index (χ4n) is 4.13. The minimum atomic E-state index is -0.0937. The highest BCUT2D eigenvalue weighted by Crippen LogP contribution is 2.43. The third-order valence-electron chi connectivity index (χ3n) is 5.71. The first-order chi connectivity index (χ1) is 14.7. The largest absolute Gasteiger partial charge is 0.332 e. The molecular weight excluding hydrogens is 378 g/mol. The number of fused-ring (bicyclic) bond motifs is 5. The first-order valence-electron chi connectivity index (χ1n) is 9.63. The van der Waals surface area contributed by atoms with Crippen molar-refractivity contribution in [3.63, 3.8) is 0 Å². The Kier molecular flexibility index (Phi) is 3.44. The molecule has 1 fully saturated rings. The number of carbonyl (C=O) groups is 1. The second-order valence-corrected chi connectivity index (χ2v) is 7.32. The van der Waals surface area contributed by atoms with Crippen LogP contribution in [-0.2, 0) is 0 Å². The summed E-state index contributed by atoms with van der Waals surface area (Å²) in [6, 6.07) is 15.0. The maximum atomic E-state index is 13.1. The molecule has 4 aromatic rings. The zero-order valence-corrected chi connectivity index (χ0v) is 15.8. The minimum absolute atomic E-state index is 0.0245.